The van der Waals surface area contributed by atoms with Crippen LogP contribution in [0.1, 0.15) is 22.6 Å². The van der Waals surface area contributed by atoms with Crippen LogP contribution in [0.4, 0.5) is 4.39 Å². The minimum atomic E-state index is -0.450. The zero-order valence-corrected chi connectivity index (χ0v) is 15.6. The Morgan fingerprint density at radius 3 is 2.76 bits per heavy atom. The third-order valence-electron chi connectivity index (χ3n) is 3.50. The van der Waals surface area contributed by atoms with Gasteiger partial charge >= 0.3 is 0 Å². The number of thioether (sulfide) groups is 1. The summed E-state index contributed by atoms with van der Waals surface area (Å²) in [6.45, 7) is 3.52. The molecule has 8 heteroatoms. The standard InChI is InChI=1S/C17H16ClFN4OS/c1-10-12(7-20)17(22-11(2)21-10)25-9-16(24)23(3)8-13-14(18)5-4-6-15(13)19/h4-6H,8-9H2,1-3H3. The van der Waals surface area contributed by atoms with Gasteiger partial charge in [-0.1, -0.05) is 29.4 Å². The molecule has 1 amide bonds. The van der Waals surface area contributed by atoms with E-state index in [-0.39, 0.29) is 28.8 Å². The third-order valence-corrected chi connectivity index (χ3v) is 4.81. The van der Waals surface area contributed by atoms with Crippen LogP contribution < -0.4 is 0 Å². The van der Waals surface area contributed by atoms with Crippen molar-refractivity contribution < 1.29 is 9.18 Å². The molecule has 0 saturated carbocycles. The molecule has 0 bridgehead atoms. The van der Waals surface area contributed by atoms with E-state index in [0.29, 0.717) is 22.1 Å². The Kier molecular flexibility index (Phi) is 6.34. The molecular formula is C17H16ClFN4OS. The summed E-state index contributed by atoms with van der Waals surface area (Å²) in [6.07, 6.45) is 0. The van der Waals surface area contributed by atoms with Crippen molar-refractivity contribution in [3.8, 4) is 6.07 Å². The molecule has 130 valence electrons. The summed E-state index contributed by atoms with van der Waals surface area (Å²) in [7, 11) is 1.58. The van der Waals surface area contributed by atoms with E-state index in [9.17, 15) is 14.4 Å². The maximum atomic E-state index is 13.8. The number of halogens is 2. The monoisotopic (exact) mass is 378 g/mol. The van der Waals surface area contributed by atoms with Crippen LogP contribution in [0.15, 0.2) is 23.2 Å². The first kappa shape index (κ1) is 19.2. The van der Waals surface area contributed by atoms with Gasteiger partial charge in [0, 0.05) is 24.2 Å². The second-order valence-corrected chi connectivity index (χ2v) is 6.76. The quantitative estimate of drug-likeness (QED) is 0.588. The lowest BCUT2D eigenvalue weighted by Crippen LogP contribution is -2.28. The molecule has 0 fully saturated rings. The zero-order chi connectivity index (χ0) is 18.6. The summed E-state index contributed by atoms with van der Waals surface area (Å²) < 4.78 is 13.8. The Morgan fingerprint density at radius 1 is 1.40 bits per heavy atom. The first-order valence-electron chi connectivity index (χ1n) is 7.38. The molecule has 0 N–H and O–H groups in total. The predicted molar refractivity (Wildman–Crippen MR) is 94.8 cm³/mol. The van der Waals surface area contributed by atoms with Gasteiger partial charge in [-0.15, -0.1) is 0 Å². The summed E-state index contributed by atoms with van der Waals surface area (Å²) in [4.78, 5) is 22.1. The highest BCUT2D eigenvalue weighted by Crippen LogP contribution is 2.24. The number of aromatic nitrogens is 2. The Labute approximate surface area is 154 Å². The number of amides is 1. The fraction of sp³-hybridized carbons (Fsp3) is 0.294. The van der Waals surface area contributed by atoms with Crippen molar-refractivity contribution in [1.29, 1.82) is 5.26 Å². The van der Waals surface area contributed by atoms with Gasteiger partial charge in [0.2, 0.25) is 5.91 Å². The molecule has 2 rings (SSSR count). The van der Waals surface area contributed by atoms with E-state index < -0.39 is 5.82 Å². The van der Waals surface area contributed by atoms with E-state index in [1.807, 2.05) is 0 Å². The molecule has 0 spiro atoms. The van der Waals surface area contributed by atoms with Gasteiger partial charge in [-0.2, -0.15) is 5.26 Å². The number of rotatable bonds is 5. The second-order valence-electron chi connectivity index (χ2n) is 5.39. The van der Waals surface area contributed by atoms with Crippen LogP contribution >= 0.6 is 23.4 Å². The highest BCUT2D eigenvalue weighted by atomic mass is 35.5. The van der Waals surface area contributed by atoms with Crippen LogP contribution in [0.25, 0.3) is 0 Å². The number of hydrogen-bond donors (Lipinski definition) is 0. The molecule has 0 aliphatic carbocycles. The van der Waals surface area contributed by atoms with E-state index in [0.717, 1.165) is 11.8 Å². The van der Waals surface area contributed by atoms with Crippen LogP contribution in [0.3, 0.4) is 0 Å². The average molecular weight is 379 g/mol. The molecule has 25 heavy (non-hydrogen) atoms. The van der Waals surface area contributed by atoms with E-state index in [4.69, 9.17) is 11.6 Å². The SMILES string of the molecule is Cc1nc(C)c(C#N)c(SCC(=O)N(C)Cc2c(F)cccc2Cl)n1. The lowest BCUT2D eigenvalue weighted by Gasteiger charge is -2.18. The van der Waals surface area contributed by atoms with Crippen molar-refractivity contribution in [2.75, 3.05) is 12.8 Å². The van der Waals surface area contributed by atoms with Gasteiger partial charge in [0.15, 0.2) is 0 Å². The number of benzene rings is 1. The molecule has 0 radical (unpaired) electrons. The normalized spacial score (nSPS) is 10.4. The molecule has 0 saturated heterocycles. The lowest BCUT2D eigenvalue weighted by atomic mass is 10.2. The van der Waals surface area contributed by atoms with Crippen LogP contribution in [0.2, 0.25) is 5.02 Å². The Bertz CT molecular complexity index is 833. The topological polar surface area (TPSA) is 69.9 Å². The lowest BCUT2D eigenvalue weighted by molar-refractivity contribution is -0.127. The smallest absolute Gasteiger partial charge is 0.233 e. The first-order valence-corrected chi connectivity index (χ1v) is 8.74. The van der Waals surface area contributed by atoms with Gasteiger partial charge in [0.25, 0.3) is 0 Å². The number of carbonyl (C=O) groups excluding carboxylic acids is 1. The van der Waals surface area contributed by atoms with Gasteiger partial charge in [0.05, 0.1) is 11.4 Å². The molecular weight excluding hydrogens is 363 g/mol. The number of aryl methyl sites for hydroxylation is 2. The van der Waals surface area contributed by atoms with Crippen molar-refractivity contribution in [3.05, 3.63) is 51.7 Å². The van der Waals surface area contributed by atoms with Crippen LogP contribution in [-0.4, -0.2) is 33.6 Å². The van der Waals surface area contributed by atoms with Crippen LogP contribution in [0, 0.1) is 31.0 Å². The van der Waals surface area contributed by atoms with Crippen molar-refractivity contribution in [1.82, 2.24) is 14.9 Å². The minimum absolute atomic E-state index is 0.0673. The molecule has 0 aliphatic heterocycles. The largest absolute Gasteiger partial charge is 0.341 e. The van der Waals surface area contributed by atoms with Gasteiger partial charge in [-0.05, 0) is 26.0 Å². The molecule has 0 atom stereocenters. The third kappa shape index (κ3) is 4.68. The maximum Gasteiger partial charge on any atom is 0.233 e. The second kappa shape index (κ2) is 8.28. The van der Waals surface area contributed by atoms with E-state index in [1.54, 1.807) is 27.0 Å². The van der Waals surface area contributed by atoms with Gasteiger partial charge in [-0.3, -0.25) is 4.79 Å². The molecule has 1 heterocycles. The Hall–Kier alpha value is -2.17. The van der Waals surface area contributed by atoms with Crippen LogP contribution in [-0.2, 0) is 11.3 Å². The summed E-state index contributed by atoms with van der Waals surface area (Å²) in [5.74, 6) is -0.0543. The average Bonchev–Trinajstić information content (AvgIpc) is 2.55. The van der Waals surface area contributed by atoms with Crippen molar-refractivity contribution in [3.63, 3.8) is 0 Å². The molecule has 0 unspecified atom stereocenters. The van der Waals surface area contributed by atoms with Crippen molar-refractivity contribution >= 4 is 29.3 Å². The highest BCUT2D eigenvalue weighted by molar-refractivity contribution is 8.00. The Morgan fingerprint density at radius 2 is 2.12 bits per heavy atom. The molecule has 1 aromatic carbocycles. The number of carbonyl (C=O) groups is 1. The van der Waals surface area contributed by atoms with Gasteiger partial charge < -0.3 is 4.90 Å². The number of hydrogen-bond acceptors (Lipinski definition) is 5. The molecule has 0 aliphatic rings. The molecule has 1 aromatic heterocycles. The summed E-state index contributed by atoms with van der Waals surface area (Å²) >= 11 is 7.15. The number of nitriles is 1. The van der Waals surface area contributed by atoms with E-state index >= 15 is 0 Å². The number of nitrogens with zero attached hydrogens (tertiary/aromatic N) is 4. The fourth-order valence-electron chi connectivity index (χ4n) is 2.16. The fourth-order valence-corrected chi connectivity index (χ4v) is 3.40. The first-order chi connectivity index (χ1) is 11.8. The summed E-state index contributed by atoms with van der Waals surface area (Å²) in [5.41, 5.74) is 1.22. The highest BCUT2D eigenvalue weighted by Gasteiger charge is 2.17. The van der Waals surface area contributed by atoms with Crippen molar-refractivity contribution in [2.24, 2.45) is 0 Å². The van der Waals surface area contributed by atoms with E-state index in [1.165, 1.54) is 17.0 Å². The minimum Gasteiger partial charge on any atom is -0.341 e. The van der Waals surface area contributed by atoms with Crippen LogP contribution in [0.5, 0.6) is 0 Å². The van der Waals surface area contributed by atoms with Gasteiger partial charge in [-0.25, -0.2) is 14.4 Å². The van der Waals surface area contributed by atoms with Crippen molar-refractivity contribution in [2.45, 2.75) is 25.4 Å². The molecule has 2 aromatic rings. The molecule has 5 nitrogen and oxygen atoms in total. The summed E-state index contributed by atoms with van der Waals surface area (Å²) in [6, 6.07) is 6.46. The maximum absolute atomic E-state index is 13.8. The zero-order valence-electron chi connectivity index (χ0n) is 14.0. The Balaban J connectivity index is 2.07. The van der Waals surface area contributed by atoms with E-state index in [2.05, 4.69) is 16.0 Å². The summed E-state index contributed by atoms with van der Waals surface area (Å²) in [5, 5.41) is 9.97. The van der Waals surface area contributed by atoms with Gasteiger partial charge in [0.1, 0.15) is 28.3 Å². The predicted octanol–water partition coefficient (Wildman–Crippen LogP) is 3.51.